The maximum atomic E-state index is 10.3. The minimum Gasteiger partial charge on any atom is -0.481 e. The molecule has 0 saturated carbocycles. The largest absolute Gasteiger partial charge is 0.481 e. The normalized spacial score (nSPS) is 10.7. The zero-order valence-corrected chi connectivity index (χ0v) is 8.13. The van der Waals surface area contributed by atoms with Gasteiger partial charge in [0.05, 0.1) is 11.7 Å². The summed E-state index contributed by atoms with van der Waals surface area (Å²) in [6, 6.07) is 3.91. The minimum atomic E-state index is -0.748. The van der Waals surface area contributed by atoms with E-state index in [4.69, 9.17) is 5.11 Å². The number of aliphatic carboxylic acids is 1. The standard InChI is InChI=1S/C10H11N3O2/c14-10(15)3-1-2-8-4-5-13-9(6-8)7-11-12-13/h4-7H,1-3H2,(H,14,15). The van der Waals surface area contributed by atoms with Crippen LogP contribution in [0.1, 0.15) is 18.4 Å². The lowest BCUT2D eigenvalue weighted by Crippen LogP contribution is -1.96. The van der Waals surface area contributed by atoms with Gasteiger partial charge in [0.2, 0.25) is 0 Å². The fourth-order valence-corrected chi connectivity index (χ4v) is 1.47. The molecule has 0 aromatic carbocycles. The van der Waals surface area contributed by atoms with Crippen molar-refractivity contribution in [1.82, 2.24) is 14.8 Å². The highest BCUT2D eigenvalue weighted by Crippen LogP contribution is 2.08. The fraction of sp³-hybridized carbons (Fsp3) is 0.300. The summed E-state index contributed by atoms with van der Waals surface area (Å²) in [7, 11) is 0. The van der Waals surface area contributed by atoms with Crippen LogP contribution in [0.2, 0.25) is 0 Å². The van der Waals surface area contributed by atoms with Crippen LogP contribution < -0.4 is 0 Å². The summed E-state index contributed by atoms with van der Waals surface area (Å²) in [4.78, 5) is 10.3. The van der Waals surface area contributed by atoms with Crippen LogP contribution in [0, 0.1) is 0 Å². The van der Waals surface area contributed by atoms with Gasteiger partial charge in [-0.1, -0.05) is 5.21 Å². The van der Waals surface area contributed by atoms with Crippen molar-refractivity contribution in [3.8, 4) is 0 Å². The van der Waals surface area contributed by atoms with Gasteiger partial charge in [-0.2, -0.15) is 0 Å². The zero-order valence-electron chi connectivity index (χ0n) is 8.13. The van der Waals surface area contributed by atoms with E-state index in [0.717, 1.165) is 17.5 Å². The molecule has 1 N–H and O–H groups in total. The lowest BCUT2D eigenvalue weighted by atomic mass is 10.1. The summed E-state index contributed by atoms with van der Waals surface area (Å²) < 4.78 is 1.68. The third-order valence-corrected chi connectivity index (χ3v) is 2.22. The number of aromatic nitrogens is 3. The molecule has 2 heterocycles. The van der Waals surface area contributed by atoms with Crippen molar-refractivity contribution >= 4 is 11.5 Å². The number of rotatable bonds is 4. The predicted molar refractivity (Wildman–Crippen MR) is 53.6 cm³/mol. The van der Waals surface area contributed by atoms with Crippen molar-refractivity contribution < 1.29 is 9.90 Å². The zero-order chi connectivity index (χ0) is 10.7. The van der Waals surface area contributed by atoms with E-state index in [1.54, 1.807) is 10.7 Å². The molecule has 2 aromatic heterocycles. The van der Waals surface area contributed by atoms with Crippen LogP contribution in [0.25, 0.3) is 5.52 Å². The molecule has 0 aliphatic rings. The second kappa shape index (κ2) is 4.08. The van der Waals surface area contributed by atoms with Gasteiger partial charge >= 0.3 is 5.97 Å². The van der Waals surface area contributed by atoms with Crippen molar-refractivity contribution in [3.05, 3.63) is 30.1 Å². The smallest absolute Gasteiger partial charge is 0.303 e. The van der Waals surface area contributed by atoms with Crippen molar-refractivity contribution in [2.75, 3.05) is 0 Å². The Labute approximate surface area is 86.3 Å². The quantitative estimate of drug-likeness (QED) is 0.812. The lowest BCUT2D eigenvalue weighted by Gasteiger charge is -1.99. The molecule has 0 aliphatic heterocycles. The third-order valence-electron chi connectivity index (χ3n) is 2.22. The number of nitrogens with zero attached hydrogens (tertiary/aromatic N) is 3. The van der Waals surface area contributed by atoms with Gasteiger partial charge in [0.15, 0.2) is 0 Å². The maximum absolute atomic E-state index is 10.3. The van der Waals surface area contributed by atoms with E-state index < -0.39 is 5.97 Å². The van der Waals surface area contributed by atoms with Crippen LogP contribution >= 0.6 is 0 Å². The first-order chi connectivity index (χ1) is 7.25. The molecule has 0 fully saturated rings. The molecular formula is C10H11N3O2. The van der Waals surface area contributed by atoms with Crippen LogP contribution in [0.3, 0.4) is 0 Å². The molecule has 15 heavy (non-hydrogen) atoms. The molecule has 0 atom stereocenters. The molecule has 0 radical (unpaired) electrons. The van der Waals surface area contributed by atoms with Crippen molar-refractivity contribution in [3.63, 3.8) is 0 Å². The van der Waals surface area contributed by atoms with Crippen molar-refractivity contribution in [2.45, 2.75) is 19.3 Å². The Balaban J connectivity index is 2.04. The number of pyridine rings is 1. The van der Waals surface area contributed by atoms with Crippen LogP contribution in [0.15, 0.2) is 24.5 Å². The summed E-state index contributed by atoms with van der Waals surface area (Å²) in [5.74, 6) is -0.748. The Hall–Kier alpha value is -1.91. The Bertz CT molecular complexity index is 478. The van der Waals surface area contributed by atoms with Gasteiger partial charge in [-0.15, -0.1) is 5.10 Å². The summed E-state index contributed by atoms with van der Waals surface area (Å²) in [5.41, 5.74) is 2.05. The topological polar surface area (TPSA) is 67.5 Å². The minimum absolute atomic E-state index is 0.211. The predicted octanol–water partition coefficient (Wildman–Crippen LogP) is 1.14. The van der Waals surface area contributed by atoms with Crippen LogP contribution in [0.5, 0.6) is 0 Å². The first-order valence-electron chi connectivity index (χ1n) is 4.76. The fourth-order valence-electron chi connectivity index (χ4n) is 1.47. The molecule has 5 nitrogen and oxygen atoms in total. The molecule has 0 amide bonds. The first kappa shape index (κ1) is 9.64. The molecule has 78 valence electrons. The van der Waals surface area contributed by atoms with Crippen molar-refractivity contribution in [2.24, 2.45) is 0 Å². The van der Waals surface area contributed by atoms with Gasteiger partial charge in [-0.3, -0.25) is 4.79 Å². The highest BCUT2D eigenvalue weighted by Gasteiger charge is 2.00. The van der Waals surface area contributed by atoms with E-state index in [0.29, 0.717) is 6.42 Å². The van der Waals surface area contributed by atoms with E-state index in [1.807, 2.05) is 18.3 Å². The highest BCUT2D eigenvalue weighted by atomic mass is 16.4. The van der Waals surface area contributed by atoms with Gasteiger partial charge in [0, 0.05) is 12.6 Å². The Kier molecular flexibility index (Phi) is 2.62. The van der Waals surface area contributed by atoms with E-state index in [2.05, 4.69) is 10.3 Å². The SMILES string of the molecule is O=C(O)CCCc1ccn2nncc2c1. The number of carbonyl (C=O) groups is 1. The molecule has 0 spiro atoms. The summed E-state index contributed by atoms with van der Waals surface area (Å²) in [6.07, 6.45) is 5.16. The molecule has 0 aliphatic carbocycles. The third kappa shape index (κ3) is 2.31. The average Bonchev–Trinajstić information content (AvgIpc) is 2.64. The van der Waals surface area contributed by atoms with Gasteiger partial charge in [-0.05, 0) is 30.5 Å². The van der Waals surface area contributed by atoms with E-state index in [-0.39, 0.29) is 6.42 Å². The van der Waals surface area contributed by atoms with Gasteiger partial charge in [0.1, 0.15) is 0 Å². The summed E-state index contributed by atoms with van der Waals surface area (Å²) in [6.45, 7) is 0. The van der Waals surface area contributed by atoms with Crippen LogP contribution in [0.4, 0.5) is 0 Å². The maximum Gasteiger partial charge on any atom is 0.303 e. The molecule has 5 heteroatoms. The first-order valence-corrected chi connectivity index (χ1v) is 4.76. The number of aryl methyl sites for hydroxylation is 1. The number of carboxylic acid groups (broad SMARTS) is 1. The molecule has 0 bridgehead atoms. The Morgan fingerprint density at radius 3 is 3.20 bits per heavy atom. The van der Waals surface area contributed by atoms with Gasteiger partial charge in [-0.25, -0.2) is 4.52 Å². The number of fused-ring (bicyclic) bond motifs is 1. The lowest BCUT2D eigenvalue weighted by molar-refractivity contribution is -0.137. The molecule has 2 rings (SSSR count). The molecular weight excluding hydrogens is 194 g/mol. The second-order valence-corrected chi connectivity index (χ2v) is 3.39. The molecule has 2 aromatic rings. The average molecular weight is 205 g/mol. The molecule has 0 saturated heterocycles. The summed E-state index contributed by atoms with van der Waals surface area (Å²) in [5, 5.41) is 16.1. The second-order valence-electron chi connectivity index (χ2n) is 3.39. The highest BCUT2D eigenvalue weighted by molar-refractivity contribution is 5.66. The molecule has 0 unspecified atom stereocenters. The summed E-state index contributed by atoms with van der Waals surface area (Å²) >= 11 is 0. The monoisotopic (exact) mass is 205 g/mol. The van der Waals surface area contributed by atoms with Gasteiger partial charge in [0.25, 0.3) is 0 Å². The van der Waals surface area contributed by atoms with E-state index >= 15 is 0 Å². The van der Waals surface area contributed by atoms with Crippen molar-refractivity contribution in [1.29, 1.82) is 0 Å². The number of hydrogen-bond acceptors (Lipinski definition) is 3. The van der Waals surface area contributed by atoms with E-state index in [9.17, 15) is 4.79 Å². The van der Waals surface area contributed by atoms with Crippen LogP contribution in [-0.4, -0.2) is 25.9 Å². The Morgan fingerprint density at radius 2 is 2.40 bits per heavy atom. The van der Waals surface area contributed by atoms with Gasteiger partial charge < -0.3 is 5.11 Å². The number of hydrogen-bond donors (Lipinski definition) is 1. The van der Waals surface area contributed by atoms with Crippen LogP contribution in [-0.2, 0) is 11.2 Å². The Morgan fingerprint density at radius 1 is 1.53 bits per heavy atom. The van der Waals surface area contributed by atoms with E-state index in [1.165, 1.54) is 0 Å². The number of carboxylic acids is 1.